The fraction of sp³-hybridized carbons (Fsp3) is 0.385. The average molecular weight is 415 g/mol. The molecule has 160 valence electrons. The molecular weight excluding hydrogens is 384 g/mol. The first kappa shape index (κ1) is 21.0. The van der Waals surface area contributed by atoms with E-state index in [2.05, 4.69) is 53.2 Å². The van der Waals surface area contributed by atoms with Gasteiger partial charge in [0.2, 0.25) is 0 Å². The first-order valence-corrected chi connectivity index (χ1v) is 11.2. The highest BCUT2D eigenvalue weighted by Gasteiger charge is 2.23. The van der Waals surface area contributed by atoms with Crippen LogP contribution in [0.1, 0.15) is 53.9 Å². The first-order valence-electron chi connectivity index (χ1n) is 11.2. The van der Waals surface area contributed by atoms with Crippen LogP contribution in [-0.4, -0.2) is 42.0 Å². The van der Waals surface area contributed by atoms with Crippen molar-refractivity contribution in [3.63, 3.8) is 0 Å². The van der Waals surface area contributed by atoms with Crippen LogP contribution in [0.15, 0.2) is 49.0 Å². The Morgan fingerprint density at radius 2 is 1.71 bits per heavy atom. The summed E-state index contributed by atoms with van der Waals surface area (Å²) in [6.45, 7) is 9.97. The molecule has 2 aromatic rings. The lowest BCUT2D eigenvalue weighted by molar-refractivity contribution is 0.222. The number of hydrogen-bond donors (Lipinski definition) is 1. The number of aryl methyl sites for hydroxylation is 1. The Labute approximate surface area is 185 Å². The molecule has 0 atom stereocenters. The highest BCUT2D eigenvalue weighted by molar-refractivity contribution is 5.91. The quantitative estimate of drug-likeness (QED) is 0.734. The van der Waals surface area contributed by atoms with Gasteiger partial charge in [-0.1, -0.05) is 30.8 Å². The van der Waals surface area contributed by atoms with Crippen molar-refractivity contribution in [3.8, 4) is 6.07 Å². The number of piperidine rings is 1. The molecule has 2 aliphatic heterocycles. The second-order valence-corrected chi connectivity index (χ2v) is 8.60. The summed E-state index contributed by atoms with van der Waals surface area (Å²) in [5.74, 6) is 0.519. The number of rotatable bonds is 4. The van der Waals surface area contributed by atoms with Crippen LogP contribution in [0.4, 0.5) is 10.5 Å². The molecule has 5 heteroatoms. The van der Waals surface area contributed by atoms with Gasteiger partial charge in [-0.05, 0) is 73.4 Å². The number of amides is 2. The molecule has 2 saturated heterocycles. The Morgan fingerprint density at radius 1 is 1.03 bits per heavy atom. The Kier molecular flexibility index (Phi) is 6.27. The summed E-state index contributed by atoms with van der Waals surface area (Å²) in [4.78, 5) is 16.8. The summed E-state index contributed by atoms with van der Waals surface area (Å²) in [5, 5.41) is 12.1. The number of nitrogens with one attached hydrogen (secondary N) is 1. The van der Waals surface area contributed by atoms with E-state index >= 15 is 0 Å². The summed E-state index contributed by atoms with van der Waals surface area (Å²) < 4.78 is 0. The van der Waals surface area contributed by atoms with Crippen LogP contribution in [0.3, 0.4) is 0 Å². The molecule has 0 saturated carbocycles. The summed E-state index contributed by atoms with van der Waals surface area (Å²) in [6.07, 6.45) is 4.30. The Hall–Kier alpha value is -3.26. The zero-order chi connectivity index (χ0) is 21.8. The molecule has 0 spiro atoms. The zero-order valence-corrected chi connectivity index (χ0v) is 18.2. The molecule has 0 aromatic heterocycles. The SMILES string of the molecule is C=C(c1ccc(C)c(NC(=O)N2CCCC2)c1)N1CCC(c2ccc(C#N)cc2)CC1. The molecule has 2 aromatic carbocycles. The van der Waals surface area contributed by atoms with Crippen molar-refractivity contribution in [2.75, 3.05) is 31.5 Å². The van der Waals surface area contributed by atoms with Crippen molar-refractivity contribution in [1.82, 2.24) is 9.80 Å². The van der Waals surface area contributed by atoms with Crippen LogP contribution in [0.5, 0.6) is 0 Å². The van der Waals surface area contributed by atoms with Gasteiger partial charge in [-0.15, -0.1) is 0 Å². The van der Waals surface area contributed by atoms with Gasteiger partial charge in [-0.2, -0.15) is 5.26 Å². The standard InChI is InChI=1S/C26H30N4O/c1-19-5-8-24(17-25(19)28-26(31)30-13-3-4-14-30)20(2)29-15-11-23(12-16-29)22-9-6-21(18-27)7-10-22/h5-10,17,23H,2-4,11-16H2,1H3,(H,28,31). The Balaban J connectivity index is 1.39. The number of hydrogen-bond acceptors (Lipinski definition) is 3. The molecule has 1 N–H and O–H groups in total. The lowest BCUT2D eigenvalue weighted by Gasteiger charge is -2.35. The molecular formula is C26H30N4O. The van der Waals surface area contributed by atoms with Crippen LogP contribution in [0.25, 0.3) is 5.70 Å². The van der Waals surface area contributed by atoms with Crippen molar-refractivity contribution >= 4 is 17.4 Å². The molecule has 31 heavy (non-hydrogen) atoms. The second kappa shape index (κ2) is 9.26. The predicted molar refractivity (Wildman–Crippen MR) is 125 cm³/mol. The average Bonchev–Trinajstić information content (AvgIpc) is 3.35. The molecule has 2 aliphatic rings. The van der Waals surface area contributed by atoms with E-state index in [0.29, 0.717) is 11.5 Å². The normalized spacial score (nSPS) is 16.8. The number of benzene rings is 2. The van der Waals surface area contributed by atoms with Crippen molar-refractivity contribution in [2.45, 2.75) is 38.5 Å². The van der Waals surface area contributed by atoms with Crippen LogP contribution in [-0.2, 0) is 0 Å². The first-order chi connectivity index (χ1) is 15.0. The number of carbonyl (C=O) groups excluding carboxylic acids is 1. The largest absolute Gasteiger partial charge is 0.371 e. The van der Waals surface area contributed by atoms with Gasteiger partial charge < -0.3 is 15.1 Å². The maximum Gasteiger partial charge on any atom is 0.321 e. The third-order valence-electron chi connectivity index (χ3n) is 6.59. The molecule has 5 nitrogen and oxygen atoms in total. The van der Waals surface area contributed by atoms with Crippen LogP contribution in [0, 0.1) is 18.3 Å². The molecule has 0 bridgehead atoms. The lowest BCUT2D eigenvalue weighted by Crippen LogP contribution is -2.32. The summed E-state index contributed by atoms with van der Waals surface area (Å²) >= 11 is 0. The van der Waals surface area contributed by atoms with Gasteiger partial charge >= 0.3 is 6.03 Å². The van der Waals surface area contributed by atoms with Crippen molar-refractivity contribution in [3.05, 3.63) is 71.3 Å². The van der Waals surface area contributed by atoms with Gasteiger partial charge in [0.25, 0.3) is 0 Å². The van der Waals surface area contributed by atoms with E-state index in [1.807, 2.05) is 24.0 Å². The van der Waals surface area contributed by atoms with E-state index in [9.17, 15) is 4.79 Å². The second-order valence-electron chi connectivity index (χ2n) is 8.60. The van der Waals surface area contributed by atoms with Crippen molar-refractivity contribution in [2.24, 2.45) is 0 Å². The van der Waals surface area contributed by atoms with Gasteiger partial charge in [-0.3, -0.25) is 0 Å². The lowest BCUT2D eigenvalue weighted by atomic mass is 9.88. The van der Waals surface area contributed by atoms with Gasteiger partial charge in [-0.25, -0.2) is 4.79 Å². The predicted octanol–water partition coefficient (Wildman–Crippen LogP) is 5.34. The van der Waals surface area contributed by atoms with E-state index in [1.165, 1.54) is 5.56 Å². The van der Waals surface area contributed by atoms with E-state index < -0.39 is 0 Å². The van der Waals surface area contributed by atoms with E-state index in [0.717, 1.165) is 74.4 Å². The maximum absolute atomic E-state index is 12.5. The third-order valence-corrected chi connectivity index (χ3v) is 6.59. The molecule has 0 radical (unpaired) electrons. The Morgan fingerprint density at radius 3 is 2.35 bits per heavy atom. The summed E-state index contributed by atoms with van der Waals surface area (Å²) in [7, 11) is 0. The number of carbonyl (C=O) groups is 1. The number of anilines is 1. The fourth-order valence-corrected chi connectivity index (χ4v) is 4.55. The van der Waals surface area contributed by atoms with Gasteiger partial charge in [0.15, 0.2) is 0 Å². The van der Waals surface area contributed by atoms with Gasteiger partial charge in [0.1, 0.15) is 0 Å². The molecule has 2 amide bonds. The Bertz CT molecular complexity index is 991. The van der Waals surface area contributed by atoms with Gasteiger partial charge in [0, 0.05) is 37.6 Å². The number of urea groups is 1. The fourth-order valence-electron chi connectivity index (χ4n) is 4.55. The third kappa shape index (κ3) is 4.74. The number of nitrogens with zero attached hydrogens (tertiary/aromatic N) is 3. The van der Waals surface area contributed by atoms with E-state index in [4.69, 9.17) is 5.26 Å². The topological polar surface area (TPSA) is 59.4 Å². The molecule has 2 heterocycles. The zero-order valence-electron chi connectivity index (χ0n) is 18.2. The van der Waals surface area contributed by atoms with Crippen LogP contribution in [0.2, 0.25) is 0 Å². The molecule has 0 aliphatic carbocycles. The van der Waals surface area contributed by atoms with Gasteiger partial charge in [0.05, 0.1) is 11.6 Å². The summed E-state index contributed by atoms with van der Waals surface area (Å²) in [5.41, 5.74) is 6.01. The molecule has 2 fully saturated rings. The smallest absolute Gasteiger partial charge is 0.321 e. The molecule has 0 unspecified atom stereocenters. The maximum atomic E-state index is 12.5. The van der Waals surface area contributed by atoms with Crippen LogP contribution >= 0.6 is 0 Å². The minimum atomic E-state index is -0.00778. The van der Waals surface area contributed by atoms with Crippen molar-refractivity contribution in [1.29, 1.82) is 5.26 Å². The molecule has 4 rings (SSSR count). The van der Waals surface area contributed by atoms with Crippen molar-refractivity contribution < 1.29 is 4.79 Å². The highest BCUT2D eigenvalue weighted by Crippen LogP contribution is 2.32. The monoisotopic (exact) mass is 414 g/mol. The van der Waals surface area contributed by atoms with E-state index in [1.54, 1.807) is 0 Å². The van der Waals surface area contributed by atoms with Crippen LogP contribution < -0.4 is 5.32 Å². The number of nitriles is 1. The highest BCUT2D eigenvalue weighted by atomic mass is 16.2. The minimum absolute atomic E-state index is 0.00778. The minimum Gasteiger partial charge on any atom is -0.371 e. The summed E-state index contributed by atoms with van der Waals surface area (Å²) in [6, 6.07) is 16.4. The number of likely N-dealkylation sites (tertiary alicyclic amines) is 2. The van der Waals surface area contributed by atoms with E-state index in [-0.39, 0.29) is 6.03 Å².